The number of carbonyl (C=O) groups excluding carboxylic acids is 1. The Labute approximate surface area is 187 Å². The molecule has 5 nitrogen and oxygen atoms in total. The van der Waals surface area contributed by atoms with E-state index < -0.39 is 17.3 Å². The molecule has 2 atom stereocenters. The largest absolute Gasteiger partial charge is 0.476 e. The molecule has 0 saturated carbocycles. The molecule has 2 aromatic heterocycles. The van der Waals surface area contributed by atoms with Gasteiger partial charge in [-0.05, 0) is 57.9 Å². The molecule has 1 aliphatic heterocycles. The number of carbonyl (C=O) groups is 1. The van der Waals surface area contributed by atoms with Gasteiger partial charge in [0.2, 0.25) is 5.88 Å². The lowest BCUT2D eigenvalue weighted by Gasteiger charge is -2.25. The summed E-state index contributed by atoms with van der Waals surface area (Å²) in [6, 6.07) is 6.29. The van der Waals surface area contributed by atoms with Crippen LogP contribution in [0.5, 0.6) is 5.88 Å². The van der Waals surface area contributed by atoms with Gasteiger partial charge in [-0.15, -0.1) is 0 Å². The van der Waals surface area contributed by atoms with Crippen molar-refractivity contribution < 1.29 is 22.7 Å². The fourth-order valence-corrected chi connectivity index (χ4v) is 4.16. The van der Waals surface area contributed by atoms with Crippen molar-refractivity contribution in [2.24, 2.45) is 11.3 Å². The lowest BCUT2D eigenvalue weighted by Crippen LogP contribution is -2.32. The normalized spacial score (nSPS) is 19.8. The van der Waals surface area contributed by atoms with Gasteiger partial charge in [0.1, 0.15) is 18.1 Å². The first-order valence-corrected chi connectivity index (χ1v) is 10.8. The third-order valence-corrected chi connectivity index (χ3v) is 6.16. The maximum Gasteiger partial charge on any atom is 0.433 e. The van der Waals surface area contributed by atoms with Crippen molar-refractivity contribution in [1.82, 2.24) is 14.9 Å². The Bertz CT molecular complexity index is 929. The highest BCUT2D eigenvalue weighted by atomic mass is 19.4. The molecule has 1 aliphatic rings. The number of likely N-dealkylation sites (N-methyl/N-ethyl adjacent to an activating group) is 1. The Morgan fingerprint density at radius 3 is 2.56 bits per heavy atom. The summed E-state index contributed by atoms with van der Waals surface area (Å²) in [4.78, 5) is 22.9. The number of hydrogen-bond acceptors (Lipinski definition) is 5. The van der Waals surface area contributed by atoms with Crippen LogP contribution in [0.15, 0.2) is 36.7 Å². The number of aromatic nitrogens is 2. The maximum atomic E-state index is 13.0. The average Bonchev–Trinajstić information content (AvgIpc) is 3.11. The monoisotopic (exact) mass is 449 g/mol. The van der Waals surface area contributed by atoms with E-state index >= 15 is 0 Å². The topological polar surface area (TPSA) is 55.3 Å². The van der Waals surface area contributed by atoms with Gasteiger partial charge < -0.3 is 9.64 Å². The smallest absolute Gasteiger partial charge is 0.433 e. The summed E-state index contributed by atoms with van der Waals surface area (Å²) in [5, 5.41) is 0. The Balaban J connectivity index is 1.60. The number of rotatable bonds is 8. The first-order chi connectivity index (χ1) is 15.0. The molecule has 0 unspecified atom stereocenters. The van der Waals surface area contributed by atoms with Crippen molar-refractivity contribution in [3.05, 3.63) is 53.5 Å². The number of likely N-dealkylation sites (tertiary alicyclic amines) is 1. The van der Waals surface area contributed by atoms with Crippen LogP contribution in [0.2, 0.25) is 0 Å². The molecule has 0 radical (unpaired) electrons. The highest BCUT2D eigenvalue weighted by molar-refractivity contribution is 5.84. The summed E-state index contributed by atoms with van der Waals surface area (Å²) in [7, 11) is 1.99. The molecule has 0 amide bonds. The Hall–Kier alpha value is -2.48. The van der Waals surface area contributed by atoms with Crippen LogP contribution < -0.4 is 4.74 Å². The number of aryl methyl sites for hydroxylation is 1. The molecular weight excluding hydrogens is 419 g/mol. The third kappa shape index (κ3) is 5.85. The van der Waals surface area contributed by atoms with E-state index in [0.29, 0.717) is 18.7 Å². The lowest BCUT2D eigenvalue weighted by molar-refractivity contribution is -0.141. The van der Waals surface area contributed by atoms with Crippen LogP contribution in [0.25, 0.3) is 0 Å². The number of ketones is 1. The van der Waals surface area contributed by atoms with Crippen LogP contribution in [-0.2, 0) is 11.0 Å². The van der Waals surface area contributed by atoms with Gasteiger partial charge in [0.05, 0.1) is 5.41 Å². The molecule has 1 fully saturated rings. The number of pyridine rings is 2. The zero-order valence-electron chi connectivity index (χ0n) is 18.9. The summed E-state index contributed by atoms with van der Waals surface area (Å²) in [6.07, 6.45) is -0.405. The molecule has 0 aliphatic carbocycles. The molecular formula is C24H30F3N3O2. The van der Waals surface area contributed by atoms with E-state index in [1.165, 1.54) is 12.3 Å². The first kappa shape index (κ1) is 24.2. The zero-order valence-corrected chi connectivity index (χ0v) is 18.9. The number of nitrogens with zero attached hydrogens (tertiary/aromatic N) is 3. The van der Waals surface area contributed by atoms with Crippen LogP contribution >= 0.6 is 0 Å². The molecule has 1 saturated heterocycles. The maximum absolute atomic E-state index is 13.0. The molecule has 174 valence electrons. The lowest BCUT2D eigenvalue weighted by atomic mass is 9.81. The Morgan fingerprint density at radius 2 is 1.94 bits per heavy atom. The number of Topliss-reactive ketones (excluding diaryl/α,β-unsaturated/α-hetero) is 1. The minimum absolute atomic E-state index is 0.0538. The SMILES string of the molecule is Cc1cccnc1OCC(C)(C)C(=O)CC[C@H]1CN(C)C[C@@H]1c1ccc(C(F)(F)F)nc1. The van der Waals surface area contributed by atoms with E-state index in [-0.39, 0.29) is 24.2 Å². The number of halogens is 3. The second-order valence-electron chi connectivity index (χ2n) is 9.32. The first-order valence-electron chi connectivity index (χ1n) is 10.8. The van der Waals surface area contributed by atoms with Gasteiger partial charge in [-0.1, -0.05) is 12.1 Å². The highest BCUT2D eigenvalue weighted by Gasteiger charge is 2.36. The fourth-order valence-electron chi connectivity index (χ4n) is 4.16. The molecule has 0 N–H and O–H groups in total. The van der Waals surface area contributed by atoms with Crippen LogP contribution in [0, 0.1) is 18.3 Å². The van der Waals surface area contributed by atoms with E-state index in [9.17, 15) is 18.0 Å². The second-order valence-corrected chi connectivity index (χ2v) is 9.32. The minimum Gasteiger partial charge on any atom is -0.476 e. The minimum atomic E-state index is -4.45. The quantitative estimate of drug-likeness (QED) is 0.574. The van der Waals surface area contributed by atoms with Crippen LogP contribution in [-0.4, -0.2) is 47.4 Å². The highest BCUT2D eigenvalue weighted by Crippen LogP contribution is 2.36. The van der Waals surface area contributed by atoms with Crippen molar-refractivity contribution in [2.75, 3.05) is 26.7 Å². The van der Waals surface area contributed by atoms with Crippen molar-refractivity contribution in [2.45, 2.75) is 45.7 Å². The molecule has 0 spiro atoms. The van der Waals surface area contributed by atoms with Gasteiger partial charge in [-0.3, -0.25) is 9.78 Å². The number of alkyl halides is 3. The molecule has 3 heterocycles. The van der Waals surface area contributed by atoms with Gasteiger partial charge in [0, 0.05) is 43.4 Å². The van der Waals surface area contributed by atoms with Crippen molar-refractivity contribution in [1.29, 1.82) is 0 Å². The second kappa shape index (κ2) is 9.57. The standard InChI is InChI=1S/C24H30F3N3O2/c1-16-6-5-11-28-22(16)32-15-23(2,3)21(31)10-8-18-13-30(4)14-19(18)17-7-9-20(29-12-17)24(25,26)27/h5-7,9,11-12,18-19H,8,10,13-15H2,1-4H3/t18-,19+/m0/s1. The van der Waals surface area contributed by atoms with Gasteiger partial charge in [-0.25, -0.2) is 4.98 Å². The van der Waals surface area contributed by atoms with E-state index in [1.807, 2.05) is 40.0 Å². The van der Waals surface area contributed by atoms with Gasteiger partial charge >= 0.3 is 6.18 Å². The molecule has 2 aromatic rings. The van der Waals surface area contributed by atoms with Crippen molar-refractivity contribution in [3.8, 4) is 5.88 Å². The number of ether oxygens (including phenoxy) is 1. The van der Waals surface area contributed by atoms with Crippen molar-refractivity contribution in [3.63, 3.8) is 0 Å². The summed E-state index contributed by atoms with van der Waals surface area (Å²) in [5.41, 5.74) is 0.148. The average molecular weight is 450 g/mol. The Kier molecular flexibility index (Phi) is 7.22. The van der Waals surface area contributed by atoms with E-state index in [1.54, 1.807) is 6.20 Å². The predicted molar refractivity (Wildman–Crippen MR) is 115 cm³/mol. The third-order valence-electron chi connectivity index (χ3n) is 6.16. The van der Waals surface area contributed by atoms with E-state index in [2.05, 4.69) is 14.9 Å². The van der Waals surface area contributed by atoms with Crippen LogP contribution in [0.3, 0.4) is 0 Å². The summed E-state index contributed by atoms with van der Waals surface area (Å²) in [5.74, 6) is 0.862. The molecule has 8 heteroatoms. The van der Waals surface area contributed by atoms with Gasteiger partial charge in [0.25, 0.3) is 0 Å². The zero-order chi connectivity index (χ0) is 23.5. The molecule has 32 heavy (non-hydrogen) atoms. The summed E-state index contributed by atoms with van der Waals surface area (Å²) >= 11 is 0. The fraction of sp³-hybridized carbons (Fsp3) is 0.542. The summed E-state index contributed by atoms with van der Waals surface area (Å²) < 4.78 is 44.3. The predicted octanol–water partition coefficient (Wildman–Crippen LogP) is 4.90. The van der Waals surface area contributed by atoms with E-state index in [0.717, 1.165) is 30.3 Å². The van der Waals surface area contributed by atoms with Gasteiger partial charge in [0.15, 0.2) is 0 Å². The van der Waals surface area contributed by atoms with Gasteiger partial charge in [-0.2, -0.15) is 13.2 Å². The molecule has 0 aromatic carbocycles. The Morgan fingerprint density at radius 1 is 1.19 bits per heavy atom. The van der Waals surface area contributed by atoms with Crippen LogP contribution in [0.4, 0.5) is 13.2 Å². The summed E-state index contributed by atoms with van der Waals surface area (Å²) in [6.45, 7) is 7.40. The van der Waals surface area contributed by atoms with Crippen molar-refractivity contribution >= 4 is 5.78 Å². The van der Waals surface area contributed by atoms with Crippen LogP contribution in [0.1, 0.15) is 49.4 Å². The number of hydrogen-bond donors (Lipinski definition) is 0. The molecule has 0 bridgehead atoms. The van der Waals surface area contributed by atoms with E-state index in [4.69, 9.17) is 4.74 Å². The molecule has 3 rings (SSSR count).